The smallest absolute Gasteiger partial charge is 0.224 e. The van der Waals surface area contributed by atoms with Gasteiger partial charge in [0, 0.05) is 25.2 Å². The van der Waals surface area contributed by atoms with Crippen LogP contribution in [0.2, 0.25) is 0 Å². The molecule has 0 unspecified atom stereocenters. The van der Waals surface area contributed by atoms with Crippen LogP contribution in [0.3, 0.4) is 0 Å². The number of sulfonamides is 1. The molecule has 6 nitrogen and oxygen atoms in total. The molecule has 0 saturated carbocycles. The Morgan fingerprint density at radius 2 is 1.89 bits per heavy atom. The van der Waals surface area contributed by atoms with E-state index < -0.39 is 10.0 Å². The molecule has 7 heteroatoms. The van der Waals surface area contributed by atoms with E-state index in [0.717, 1.165) is 22.4 Å². The molecule has 1 aliphatic rings. The predicted molar refractivity (Wildman–Crippen MR) is 105 cm³/mol. The summed E-state index contributed by atoms with van der Waals surface area (Å²) in [5, 5.41) is 2.91. The van der Waals surface area contributed by atoms with Crippen LogP contribution >= 0.6 is 0 Å². The third-order valence-corrected chi connectivity index (χ3v) is 5.99. The highest BCUT2D eigenvalue weighted by Gasteiger charge is 2.23. The number of methoxy groups -OCH3 is 1. The van der Waals surface area contributed by atoms with Gasteiger partial charge in [0.25, 0.3) is 0 Å². The second-order valence-electron chi connectivity index (χ2n) is 6.73. The number of rotatable bonds is 6. The maximum absolute atomic E-state index is 12.3. The summed E-state index contributed by atoms with van der Waals surface area (Å²) in [5.41, 5.74) is 3.84. The first-order valence-corrected chi connectivity index (χ1v) is 10.7. The monoisotopic (exact) mass is 388 g/mol. The first kappa shape index (κ1) is 19.4. The van der Waals surface area contributed by atoms with Crippen LogP contribution in [0, 0.1) is 0 Å². The molecule has 0 bridgehead atoms. The summed E-state index contributed by atoms with van der Waals surface area (Å²) >= 11 is 0. The highest BCUT2D eigenvalue weighted by Crippen LogP contribution is 2.24. The van der Waals surface area contributed by atoms with Crippen LogP contribution in [-0.2, 0) is 34.2 Å². The van der Waals surface area contributed by atoms with Crippen molar-refractivity contribution in [3.63, 3.8) is 0 Å². The minimum atomic E-state index is -3.21. The van der Waals surface area contributed by atoms with Gasteiger partial charge < -0.3 is 10.1 Å². The van der Waals surface area contributed by atoms with E-state index in [9.17, 15) is 13.2 Å². The average molecular weight is 388 g/mol. The Balaban J connectivity index is 1.59. The molecule has 0 aliphatic carbocycles. The van der Waals surface area contributed by atoms with Gasteiger partial charge in [-0.1, -0.05) is 18.2 Å². The number of hydrogen-bond donors (Lipinski definition) is 1. The molecule has 1 heterocycles. The Morgan fingerprint density at radius 3 is 2.56 bits per heavy atom. The topological polar surface area (TPSA) is 75.7 Å². The number of aryl methyl sites for hydroxylation is 1. The van der Waals surface area contributed by atoms with Gasteiger partial charge in [-0.2, -0.15) is 4.31 Å². The van der Waals surface area contributed by atoms with Crippen LogP contribution in [-0.4, -0.2) is 38.5 Å². The van der Waals surface area contributed by atoms with Gasteiger partial charge in [0.2, 0.25) is 15.9 Å². The molecule has 2 aromatic carbocycles. The summed E-state index contributed by atoms with van der Waals surface area (Å²) < 4.78 is 30.1. The normalized spacial score (nSPS) is 14.4. The number of ether oxygens (including phenoxy) is 1. The van der Waals surface area contributed by atoms with Crippen LogP contribution in [0.25, 0.3) is 0 Å². The molecule has 0 aromatic heterocycles. The van der Waals surface area contributed by atoms with Crippen molar-refractivity contribution in [2.24, 2.45) is 0 Å². The van der Waals surface area contributed by atoms with Gasteiger partial charge in [0.05, 0.1) is 13.4 Å². The molecule has 1 aliphatic heterocycles. The SMILES string of the molecule is COc1ccc(CCC(=O)Nc2ccc3c(c2)CN(S(C)(=O)=O)CC3)cc1. The van der Waals surface area contributed by atoms with Gasteiger partial charge in [-0.25, -0.2) is 8.42 Å². The van der Waals surface area contributed by atoms with Crippen molar-refractivity contribution < 1.29 is 17.9 Å². The first-order chi connectivity index (χ1) is 12.8. The molecule has 0 atom stereocenters. The number of hydrogen-bond acceptors (Lipinski definition) is 4. The number of nitrogens with zero attached hydrogens (tertiary/aromatic N) is 1. The Bertz CT molecular complexity index is 923. The Hall–Kier alpha value is -2.38. The zero-order chi connectivity index (χ0) is 19.4. The molecule has 3 rings (SSSR count). The molecular weight excluding hydrogens is 364 g/mol. The van der Waals surface area contributed by atoms with Crippen molar-refractivity contribution >= 4 is 21.6 Å². The van der Waals surface area contributed by atoms with Gasteiger partial charge >= 0.3 is 0 Å². The molecule has 27 heavy (non-hydrogen) atoms. The third-order valence-electron chi connectivity index (χ3n) is 4.74. The number of carbonyl (C=O) groups excluding carboxylic acids is 1. The van der Waals surface area contributed by atoms with Gasteiger partial charge in [0.1, 0.15) is 5.75 Å². The largest absolute Gasteiger partial charge is 0.497 e. The molecule has 0 saturated heterocycles. The number of benzene rings is 2. The van der Waals surface area contributed by atoms with Crippen LogP contribution in [0.5, 0.6) is 5.75 Å². The molecule has 0 radical (unpaired) electrons. The zero-order valence-electron chi connectivity index (χ0n) is 15.6. The highest BCUT2D eigenvalue weighted by molar-refractivity contribution is 7.88. The standard InChI is InChI=1S/C20H24N2O4S/c1-26-19-8-3-15(4-9-19)5-10-20(23)21-18-7-6-16-11-12-22(27(2,24)25)14-17(16)13-18/h3-4,6-9,13H,5,10-12,14H2,1-2H3,(H,21,23). The van der Waals surface area contributed by atoms with E-state index in [1.54, 1.807) is 7.11 Å². The first-order valence-electron chi connectivity index (χ1n) is 8.85. The number of nitrogens with one attached hydrogen (secondary N) is 1. The molecule has 0 spiro atoms. The zero-order valence-corrected chi connectivity index (χ0v) is 16.4. The van der Waals surface area contributed by atoms with Gasteiger partial charge in [-0.05, 0) is 53.8 Å². The number of carbonyl (C=O) groups is 1. The minimum absolute atomic E-state index is 0.0680. The van der Waals surface area contributed by atoms with E-state index in [0.29, 0.717) is 38.0 Å². The summed E-state index contributed by atoms with van der Waals surface area (Å²) in [5.74, 6) is 0.724. The third kappa shape index (κ3) is 5.08. The summed E-state index contributed by atoms with van der Waals surface area (Å²) in [6, 6.07) is 13.4. The van der Waals surface area contributed by atoms with Crippen LogP contribution < -0.4 is 10.1 Å². The van der Waals surface area contributed by atoms with E-state index in [4.69, 9.17) is 4.74 Å². The van der Waals surface area contributed by atoms with Crippen LogP contribution in [0.15, 0.2) is 42.5 Å². The van der Waals surface area contributed by atoms with Gasteiger partial charge in [0.15, 0.2) is 0 Å². The van der Waals surface area contributed by atoms with E-state index in [-0.39, 0.29) is 5.91 Å². The summed E-state index contributed by atoms with van der Waals surface area (Å²) in [6.45, 7) is 0.850. The summed E-state index contributed by atoms with van der Waals surface area (Å²) in [7, 11) is -1.59. The van der Waals surface area contributed by atoms with Crippen LogP contribution in [0.1, 0.15) is 23.1 Å². The van der Waals surface area contributed by atoms with E-state index >= 15 is 0 Å². The Morgan fingerprint density at radius 1 is 1.15 bits per heavy atom. The lowest BCUT2D eigenvalue weighted by molar-refractivity contribution is -0.116. The number of anilines is 1. The van der Waals surface area contributed by atoms with E-state index in [1.807, 2.05) is 42.5 Å². The molecule has 1 N–H and O–H groups in total. The maximum atomic E-state index is 12.3. The fourth-order valence-corrected chi connectivity index (χ4v) is 3.96. The van der Waals surface area contributed by atoms with Crippen molar-refractivity contribution in [3.05, 3.63) is 59.2 Å². The average Bonchev–Trinajstić information content (AvgIpc) is 2.65. The van der Waals surface area contributed by atoms with Crippen molar-refractivity contribution in [3.8, 4) is 5.75 Å². The molecular formula is C20H24N2O4S. The quantitative estimate of drug-likeness (QED) is 0.825. The lowest BCUT2D eigenvalue weighted by atomic mass is 10.0. The predicted octanol–water partition coefficient (Wildman–Crippen LogP) is 2.58. The second-order valence-corrected chi connectivity index (χ2v) is 8.71. The fraction of sp³-hybridized carbons (Fsp3) is 0.350. The lowest BCUT2D eigenvalue weighted by Gasteiger charge is -2.27. The van der Waals surface area contributed by atoms with Gasteiger partial charge in [-0.15, -0.1) is 0 Å². The number of fused-ring (bicyclic) bond motifs is 1. The minimum Gasteiger partial charge on any atom is -0.497 e. The Kier molecular flexibility index (Phi) is 5.82. The second kappa shape index (κ2) is 8.10. The lowest BCUT2D eigenvalue weighted by Crippen LogP contribution is -2.35. The van der Waals surface area contributed by atoms with Crippen molar-refractivity contribution in [2.75, 3.05) is 25.2 Å². The van der Waals surface area contributed by atoms with E-state index in [2.05, 4.69) is 5.32 Å². The van der Waals surface area contributed by atoms with Crippen LogP contribution in [0.4, 0.5) is 5.69 Å². The van der Waals surface area contributed by atoms with E-state index in [1.165, 1.54) is 10.6 Å². The number of amides is 1. The summed E-state index contributed by atoms with van der Waals surface area (Å²) in [4.78, 5) is 12.3. The highest BCUT2D eigenvalue weighted by atomic mass is 32.2. The van der Waals surface area contributed by atoms with Crippen molar-refractivity contribution in [1.82, 2.24) is 4.31 Å². The molecule has 2 aromatic rings. The van der Waals surface area contributed by atoms with Gasteiger partial charge in [-0.3, -0.25) is 4.79 Å². The van der Waals surface area contributed by atoms with Crippen molar-refractivity contribution in [1.29, 1.82) is 0 Å². The fourth-order valence-electron chi connectivity index (χ4n) is 3.17. The molecule has 144 valence electrons. The maximum Gasteiger partial charge on any atom is 0.224 e. The molecule has 0 fully saturated rings. The Labute approximate surface area is 160 Å². The summed E-state index contributed by atoms with van der Waals surface area (Å²) in [6.07, 6.45) is 2.93. The molecule has 1 amide bonds. The van der Waals surface area contributed by atoms with Crippen molar-refractivity contribution in [2.45, 2.75) is 25.8 Å².